The van der Waals surface area contributed by atoms with E-state index in [1.54, 1.807) is 52.0 Å². The Balaban J connectivity index is 1.65. The summed E-state index contributed by atoms with van der Waals surface area (Å²) in [5.41, 5.74) is 0.514. The van der Waals surface area contributed by atoms with E-state index in [1.165, 1.54) is 0 Å². The molecule has 0 radical (unpaired) electrons. The van der Waals surface area contributed by atoms with Crippen LogP contribution in [0.1, 0.15) is 31.9 Å². The fourth-order valence-electron chi connectivity index (χ4n) is 3.84. The number of rotatable bonds is 5. The van der Waals surface area contributed by atoms with Gasteiger partial charge in [-0.25, -0.2) is 14.4 Å². The highest BCUT2D eigenvalue weighted by Gasteiger charge is 2.27. The van der Waals surface area contributed by atoms with Gasteiger partial charge in [-0.15, -0.1) is 0 Å². The Kier molecular flexibility index (Phi) is 6.60. The first-order valence-corrected chi connectivity index (χ1v) is 11.3. The largest absolute Gasteiger partial charge is 0.444 e. The summed E-state index contributed by atoms with van der Waals surface area (Å²) in [4.78, 5) is 38.1. The van der Waals surface area contributed by atoms with E-state index < -0.39 is 29.3 Å². The minimum Gasteiger partial charge on any atom is -0.444 e. The molecule has 0 aliphatic carbocycles. The number of aryl methyl sites for hydroxylation is 1. The van der Waals surface area contributed by atoms with Crippen LogP contribution in [0.4, 0.5) is 4.79 Å². The van der Waals surface area contributed by atoms with Crippen molar-refractivity contribution in [1.29, 1.82) is 0 Å². The summed E-state index contributed by atoms with van der Waals surface area (Å²) in [6, 6.07) is 18.9. The van der Waals surface area contributed by atoms with E-state index in [0.29, 0.717) is 16.5 Å². The van der Waals surface area contributed by atoms with Gasteiger partial charge in [-0.1, -0.05) is 48.5 Å². The highest BCUT2D eigenvalue weighted by atomic mass is 16.6. The summed E-state index contributed by atoms with van der Waals surface area (Å²) in [5, 5.41) is 4.60. The van der Waals surface area contributed by atoms with Crippen molar-refractivity contribution in [1.82, 2.24) is 5.32 Å². The van der Waals surface area contributed by atoms with Gasteiger partial charge >= 0.3 is 17.7 Å². The van der Waals surface area contributed by atoms with E-state index in [1.807, 2.05) is 42.5 Å². The van der Waals surface area contributed by atoms with Crippen LogP contribution in [0.15, 0.2) is 75.9 Å². The molecule has 0 saturated carbocycles. The molecule has 7 heteroatoms. The molecule has 4 aromatic rings. The second-order valence-electron chi connectivity index (χ2n) is 9.31. The third-order valence-corrected chi connectivity index (χ3v) is 5.46. The average Bonchev–Trinajstić information content (AvgIpc) is 2.80. The Morgan fingerprint density at radius 3 is 2.26 bits per heavy atom. The third kappa shape index (κ3) is 5.51. The average molecular weight is 474 g/mol. The summed E-state index contributed by atoms with van der Waals surface area (Å²) >= 11 is 0. The number of fused-ring (bicyclic) bond motifs is 3. The molecule has 7 nitrogen and oxygen atoms in total. The number of esters is 1. The predicted molar refractivity (Wildman–Crippen MR) is 134 cm³/mol. The number of ether oxygens (including phenoxy) is 2. The first-order chi connectivity index (χ1) is 16.6. The molecule has 0 spiro atoms. The van der Waals surface area contributed by atoms with Crippen LogP contribution in [0.3, 0.4) is 0 Å². The maximum atomic E-state index is 13.2. The first-order valence-electron chi connectivity index (χ1n) is 11.3. The van der Waals surface area contributed by atoms with Gasteiger partial charge in [-0.05, 0) is 56.8 Å². The second kappa shape index (κ2) is 9.62. The van der Waals surface area contributed by atoms with Gasteiger partial charge in [0.25, 0.3) is 0 Å². The molecule has 3 aromatic carbocycles. The summed E-state index contributed by atoms with van der Waals surface area (Å²) < 4.78 is 16.6. The minimum atomic E-state index is -0.994. The first kappa shape index (κ1) is 24.0. The molecule has 0 aliphatic rings. The standard InChI is InChI=1S/C28H27NO6/c1-17-23(15-14-20-19-12-8-9-13-21(19)25(30)34-24(17)20)33-26(31)22(16-18-10-6-5-7-11-18)29-27(32)35-28(2,3)4/h5-15,22H,16H2,1-4H3,(H,29,32). The molecule has 1 N–H and O–H groups in total. The van der Waals surface area contributed by atoms with Crippen LogP contribution >= 0.6 is 0 Å². The van der Waals surface area contributed by atoms with Crippen molar-refractivity contribution in [2.75, 3.05) is 0 Å². The zero-order valence-electron chi connectivity index (χ0n) is 20.1. The number of carbonyl (C=O) groups is 2. The molecule has 0 fully saturated rings. The molecule has 1 aromatic heterocycles. The van der Waals surface area contributed by atoms with Crippen molar-refractivity contribution < 1.29 is 23.5 Å². The Morgan fingerprint density at radius 2 is 1.57 bits per heavy atom. The predicted octanol–water partition coefficient (Wildman–Crippen LogP) is 5.30. The normalized spacial score (nSPS) is 12.3. The lowest BCUT2D eigenvalue weighted by Crippen LogP contribution is -2.46. The quantitative estimate of drug-likeness (QED) is 0.183. The van der Waals surface area contributed by atoms with E-state index in [2.05, 4.69) is 5.32 Å². The van der Waals surface area contributed by atoms with E-state index in [-0.39, 0.29) is 12.2 Å². The Morgan fingerprint density at radius 1 is 0.914 bits per heavy atom. The molecule has 1 unspecified atom stereocenters. The van der Waals surface area contributed by atoms with Crippen LogP contribution in [0.2, 0.25) is 0 Å². The van der Waals surface area contributed by atoms with E-state index in [9.17, 15) is 14.4 Å². The molecule has 1 atom stereocenters. The van der Waals surface area contributed by atoms with Gasteiger partial charge < -0.3 is 19.2 Å². The number of hydrogen-bond acceptors (Lipinski definition) is 6. The van der Waals surface area contributed by atoms with Crippen molar-refractivity contribution in [3.05, 3.63) is 88.3 Å². The van der Waals surface area contributed by atoms with Crippen molar-refractivity contribution in [3.8, 4) is 5.75 Å². The number of nitrogens with one attached hydrogen (secondary N) is 1. The molecule has 0 aliphatic heterocycles. The van der Waals surface area contributed by atoms with Gasteiger partial charge in [-0.3, -0.25) is 0 Å². The summed E-state index contributed by atoms with van der Waals surface area (Å²) in [5.74, 6) is -0.421. The van der Waals surface area contributed by atoms with Crippen molar-refractivity contribution in [3.63, 3.8) is 0 Å². The Hall–Kier alpha value is -4.13. The van der Waals surface area contributed by atoms with Gasteiger partial charge in [0.05, 0.1) is 5.39 Å². The number of hydrogen-bond donors (Lipinski definition) is 1. The molecular formula is C28H27NO6. The van der Waals surface area contributed by atoms with E-state index >= 15 is 0 Å². The van der Waals surface area contributed by atoms with Gasteiger partial charge in [0, 0.05) is 17.4 Å². The van der Waals surface area contributed by atoms with Gasteiger partial charge in [0.2, 0.25) is 0 Å². The summed E-state index contributed by atoms with van der Waals surface area (Å²) in [6.45, 7) is 6.95. The van der Waals surface area contributed by atoms with Gasteiger partial charge in [-0.2, -0.15) is 0 Å². The summed E-state index contributed by atoms with van der Waals surface area (Å²) in [7, 11) is 0. The SMILES string of the molecule is Cc1c(OC(=O)C(Cc2ccccc2)NC(=O)OC(C)(C)C)ccc2c1oc(=O)c1ccccc12. The Bertz CT molecular complexity index is 1450. The fraction of sp³-hybridized carbons (Fsp3) is 0.250. The van der Waals surface area contributed by atoms with Crippen molar-refractivity contribution in [2.45, 2.75) is 45.8 Å². The molecule has 35 heavy (non-hydrogen) atoms. The second-order valence-corrected chi connectivity index (χ2v) is 9.31. The lowest BCUT2D eigenvalue weighted by atomic mass is 10.0. The lowest BCUT2D eigenvalue weighted by Gasteiger charge is -2.23. The van der Waals surface area contributed by atoms with Crippen LogP contribution in [0, 0.1) is 6.92 Å². The fourth-order valence-corrected chi connectivity index (χ4v) is 3.84. The van der Waals surface area contributed by atoms with Crippen LogP contribution in [-0.2, 0) is 16.0 Å². The zero-order chi connectivity index (χ0) is 25.2. The van der Waals surface area contributed by atoms with Crippen molar-refractivity contribution >= 4 is 33.8 Å². The zero-order valence-corrected chi connectivity index (χ0v) is 20.1. The minimum absolute atomic E-state index is 0.214. The van der Waals surface area contributed by atoms with Crippen LogP contribution < -0.4 is 15.7 Å². The maximum Gasteiger partial charge on any atom is 0.408 e. The van der Waals surface area contributed by atoms with Crippen LogP contribution in [0.25, 0.3) is 21.7 Å². The number of alkyl carbamates (subject to hydrolysis) is 1. The molecule has 1 amide bonds. The van der Waals surface area contributed by atoms with Gasteiger partial charge in [0.1, 0.15) is 23.0 Å². The Labute approximate surface area is 202 Å². The molecule has 0 saturated heterocycles. The molecule has 4 rings (SSSR count). The van der Waals surface area contributed by atoms with E-state index in [4.69, 9.17) is 13.9 Å². The van der Waals surface area contributed by atoms with Crippen molar-refractivity contribution in [2.24, 2.45) is 0 Å². The number of carbonyl (C=O) groups excluding carboxylic acids is 2. The van der Waals surface area contributed by atoms with Gasteiger partial charge in [0.15, 0.2) is 0 Å². The smallest absolute Gasteiger partial charge is 0.408 e. The van der Waals surface area contributed by atoms with E-state index in [0.717, 1.165) is 16.3 Å². The van der Waals surface area contributed by atoms with Crippen LogP contribution in [-0.4, -0.2) is 23.7 Å². The number of amides is 1. The molecule has 180 valence electrons. The topological polar surface area (TPSA) is 94.8 Å². The lowest BCUT2D eigenvalue weighted by molar-refractivity contribution is -0.136. The molecule has 1 heterocycles. The highest BCUT2D eigenvalue weighted by molar-refractivity contribution is 6.05. The third-order valence-electron chi connectivity index (χ3n) is 5.46. The maximum absolute atomic E-state index is 13.2. The van der Waals surface area contributed by atoms with Crippen LogP contribution in [0.5, 0.6) is 5.75 Å². The molecular weight excluding hydrogens is 446 g/mol. The summed E-state index contributed by atoms with van der Waals surface area (Å²) in [6.07, 6.45) is -0.506. The molecule has 0 bridgehead atoms. The number of benzene rings is 3. The highest BCUT2D eigenvalue weighted by Crippen LogP contribution is 2.31. The monoisotopic (exact) mass is 473 g/mol.